The van der Waals surface area contributed by atoms with E-state index in [1.807, 2.05) is 0 Å². The van der Waals surface area contributed by atoms with Gasteiger partial charge in [-0.15, -0.1) is 0 Å². The maximum Gasteiger partial charge on any atom is 0.0591 e. The fraction of sp³-hybridized carbons (Fsp3) is 1.00. The number of nitrogens with one attached hydrogen (secondary N) is 1. The van der Waals surface area contributed by atoms with Gasteiger partial charge in [0.05, 0.1) is 6.61 Å². The highest BCUT2D eigenvalue weighted by molar-refractivity contribution is 4.70. The van der Waals surface area contributed by atoms with Crippen molar-refractivity contribution in [3.05, 3.63) is 0 Å². The average Bonchev–Trinajstić information content (AvgIpc) is 2.45. The fourth-order valence-electron chi connectivity index (χ4n) is 2.14. The Hall–Kier alpha value is -0.0800. The van der Waals surface area contributed by atoms with E-state index in [1.165, 1.54) is 38.5 Å². The molecule has 0 heterocycles. The zero-order valence-electron chi connectivity index (χ0n) is 10.4. The Morgan fingerprint density at radius 1 is 1.13 bits per heavy atom. The highest BCUT2D eigenvalue weighted by Gasteiger charge is 2.10. The van der Waals surface area contributed by atoms with Gasteiger partial charge in [0.1, 0.15) is 0 Å². The van der Waals surface area contributed by atoms with Crippen LogP contribution in [0.1, 0.15) is 52.4 Å². The van der Waals surface area contributed by atoms with Gasteiger partial charge in [-0.25, -0.2) is 0 Å². The first-order valence-corrected chi connectivity index (χ1v) is 6.60. The zero-order chi connectivity index (χ0) is 10.9. The molecular formula is C13H27NO. The van der Waals surface area contributed by atoms with Gasteiger partial charge in [-0.1, -0.05) is 39.5 Å². The summed E-state index contributed by atoms with van der Waals surface area (Å²) < 4.78 is 5.55. The summed E-state index contributed by atoms with van der Waals surface area (Å²) in [5.74, 6) is 0.655. The van der Waals surface area contributed by atoms with E-state index in [1.54, 1.807) is 0 Å². The quantitative estimate of drug-likeness (QED) is 0.541. The van der Waals surface area contributed by atoms with Crippen molar-refractivity contribution in [1.82, 2.24) is 5.32 Å². The predicted molar refractivity (Wildman–Crippen MR) is 65.1 cm³/mol. The second-order valence-electron chi connectivity index (χ2n) is 5.11. The summed E-state index contributed by atoms with van der Waals surface area (Å²) in [6.07, 6.45) is 8.41. The Labute approximate surface area is 94.8 Å². The van der Waals surface area contributed by atoms with Crippen molar-refractivity contribution in [1.29, 1.82) is 0 Å². The molecule has 90 valence electrons. The Morgan fingerprint density at radius 2 is 1.80 bits per heavy atom. The molecule has 1 rings (SSSR count). The summed E-state index contributed by atoms with van der Waals surface area (Å²) in [5, 5.41) is 3.61. The van der Waals surface area contributed by atoms with Crippen molar-refractivity contribution in [3.8, 4) is 0 Å². The third kappa shape index (κ3) is 6.91. The maximum atomic E-state index is 5.55. The molecule has 0 spiro atoms. The molecule has 1 fully saturated rings. The lowest BCUT2D eigenvalue weighted by molar-refractivity contribution is 0.109. The summed E-state index contributed by atoms with van der Waals surface area (Å²) in [4.78, 5) is 0. The van der Waals surface area contributed by atoms with Crippen LogP contribution in [0, 0.1) is 5.92 Å². The second kappa shape index (κ2) is 8.12. The van der Waals surface area contributed by atoms with Crippen LogP contribution in [-0.4, -0.2) is 25.8 Å². The van der Waals surface area contributed by atoms with E-state index in [0.717, 1.165) is 25.8 Å². The molecule has 1 saturated carbocycles. The molecule has 0 unspecified atom stereocenters. The first kappa shape index (κ1) is 13.0. The molecule has 2 nitrogen and oxygen atoms in total. The van der Waals surface area contributed by atoms with Gasteiger partial charge in [-0.05, 0) is 18.8 Å². The van der Waals surface area contributed by atoms with Gasteiger partial charge in [0.2, 0.25) is 0 Å². The van der Waals surface area contributed by atoms with Crippen LogP contribution in [0.2, 0.25) is 0 Å². The Kier molecular flexibility index (Phi) is 7.03. The van der Waals surface area contributed by atoms with Crippen LogP contribution in [0.3, 0.4) is 0 Å². The molecule has 0 radical (unpaired) electrons. The van der Waals surface area contributed by atoms with Gasteiger partial charge >= 0.3 is 0 Å². The van der Waals surface area contributed by atoms with Crippen molar-refractivity contribution in [2.75, 3.05) is 19.8 Å². The Morgan fingerprint density at radius 3 is 2.40 bits per heavy atom. The molecule has 2 heteroatoms. The molecular weight excluding hydrogens is 186 g/mol. The molecule has 0 atom stereocenters. The van der Waals surface area contributed by atoms with Crippen molar-refractivity contribution >= 4 is 0 Å². The molecule has 1 N–H and O–H groups in total. The molecule has 0 saturated heterocycles. The normalized spacial score (nSPS) is 19.4. The molecule has 0 aliphatic heterocycles. The summed E-state index contributed by atoms with van der Waals surface area (Å²) in [5.41, 5.74) is 0. The van der Waals surface area contributed by atoms with Crippen molar-refractivity contribution in [3.63, 3.8) is 0 Å². The first-order chi connectivity index (χ1) is 7.29. The topological polar surface area (TPSA) is 21.3 Å². The van der Waals surface area contributed by atoms with Crippen LogP contribution in [-0.2, 0) is 4.74 Å². The summed E-state index contributed by atoms with van der Waals surface area (Å²) in [7, 11) is 0. The second-order valence-corrected chi connectivity index (χ2v) is 5.11. The first-order valence-electron chi connectivity index (χ1n) is 6.60. The monoisotopic (exact) mass is 213 g/mol. The van der Waals surface area contributed by atoms with Crippen molar-refractivity contribution in [2.45, 2.75) is 58.4 Å². The zero-order valence-corrected chi connectivity index (χ0v) is 10.4. The SMILES string of the molecule is CC(C)COCCNC1CCCCCC1. The van der Waals surface area contributed by atoms with Crippen LogP contribution in [0.15, 0.2) is 0 Å². The molecule has 1 aliphatic carbocycles. The highest BCUT2D eigenvalue weighted by Crippen LogP contribution is 2.16. The largest absolute Gasteiger partial charge is 0.380 e. The van der Waals surface area contributed by atoms with Gasteiger partial charge in [-0.2, -0.15) is 0 Å². The molecule has 0 aromatic carbocycles. The third-order valence-corrected chi connectivity index (χ3v) is 2.99. The summed E-state index contributed by atoms with van der Waals surface area (Å²) in [6, 6.07) is 0.759. The van der Waals surface area contributed by atoms with Crippen LogP contribution in [0.25, 0.3) is 0 Å². The number of ether oxygens (including phenoxy) is 1. The van der Waals surface area contributed by atoms with Gasteiger partial charge in [-0.3, -0.25) is 0 Å². The smallest absolute Gasteiger partial charge is 0.0591 e. The number of rotatable bonds is 6. The van der Waals surface area contributed by atoms with E-state index in [4.69, 9.17) is 4.74 Å². The van der Waals surface area contributed by atoms with Crippen molar-refractivity contribution in [2.24, 2.45) is 5.92 Å². The molecule has 1 aliphatic rings. The summed E-state index contributed by atoms with van der Waals surface area (Å²) >= 11 is 0. The van der Waals surface area contributed by atoms with E-state index in [2.05, 4.69) is 19.2 Å². The minimum atomic E-state index is 0.655. The van der Waals surface area contributed by atoms with Crippen molar-refractivity contribution < 1.29 is 4.74 Å². The van der Waals surface area contributed by atoms with Crippen LogP contribution in [0.4, 0.5) is 0 Å². The minimum Gasteiger partial charge on any atom is -0.380 e. The lowest BCUT2D eigenvalue weighted by Gasteiger charge is -2.16. The standard InChI is InChI=1S/C13H27NO/c1-12(2)11-15-10-9-14-13-7-5-3-4-6-8-13/h12-14H,3-11H2,1-2H3. The van der Waals surface area contributed by atoms with Gasteiger partial charge < -0.3 is 10.1 Å². The lowest BCUT2D eigenvalue weighted by atomic mass is 10.1. The van der Waals surface area contributed by atoms with E-state index < -0.39 is 0 Å². The molecule has 0 bridgehead atoms. The minimum absolute atomic E-state index is 0.655. The van der Waals surface area contributed by atoms with Gasteiger partial charge in [0, 0.05) is 19.2 Å². The van der Waals surface area contributed by atoms with Gasteiger partial charge in [0.15, 0.2) is 0 Å². The molecule has 15 heavy (non-hydrogen) atoms. The summed E-state index contributed by atoms with van der Waals surface area (Å²) in [6.45, 7) is 7.18. The van der Waals surface area contributed by atoms with Crippen LogP contribution < -0.4 is 5.32 Å². The van der Waals surface area contributed by atoms with E-state index >= 15 is 0 Å². The number of hydrogen-bond donors (Lipinski definition) is 1. The lowest BCUT2D eigenvalue weighted by Crippen LogP contribution is -2.31. The molecule has 0 amide bonds. The van der Waals surface area contributed by atoms with E-state index in [9.17, 15) is 0 Å². The number of hydrogen-bond acceptors (Lipinski definition) is 2. The average molecular weight is 213 g/mol. The Balaban J connectivity index is 1.94. The maximum absolute atomic E-state index is 5.55. The highest BCUT2D eigenvalue weighted by atomic mass is 16.5. The van der Waals surface area contributed by atoms with E-state index in [-0.39, 0.29) is 0 Å². The molecule has 0 aromatic rings. The Bertz CT molecular complexity index is 139. The predicted octanol–water partition coefficient (Wildman–Crippen LogP) is 2.97. The molecule has 0 aromatic heterocycles. The third-order valence-electron chi connectivity index (χ3n) is 2.99. The van der Waals surface area contributed by atoms with Gasteiger partial charge in [0.25, 0.3) is 0 Å². The van der Waals surface area contributed by atoms with E-state index in [0.29, 0.717) is 5.92 Å². The van der Waals surface area contributed by atoms with Crippen LogP contribution in [0.5, 0.6) is 0 Å². The van der Waals surface area contributed by atoms with Crippen LogP contribution >= 0.6 is 0 Å². The fourth-order valence-corrected chi connectivity index (χ4v) is 2.14.